The first-order chi connectivity index (χ1) is 8.56. The van der Waals surface area contributed by atoms with Crippen LogP contribution >= 0.6 is 11.3 Å². The van der Waals surface area contributed by atoms with E-state index in [1.165, 1.54) is 4.88 Å². The first-order valence-electron chi connectivity index (χ1n) is 5.61. The van der Waals surface area contributed by atoms with Crippen LogP contribution in [-0.4, -0.2) is 31.3 Å². The van der Waals surface area contributed by atoms with Crippen molar-refractivity contribution in [3.05, 3.63) is 17.0 Å². The Morgan fingerprint density at radius 1 is 1.56 bits per heavy atom. The molecule has 2 rings (SSSR count). The average molecular weight is 266 g/mol. The Morgan fingerprint density at radius 2 is 2.33 bits per heavy atom. The molecule has 1 unspecified atom stereocenters. The lowest BCUT2D eigenvalue weighted by Gasteiger charge is -2.08. The Hall–Kier alpha value is -1.76. The number of aromatic nitrogens is 4. The van der Waals surface area contributed by atoms with E-state index >= 15 is 0 Å². The standard InChI is InChI=1S/C11H14N4O2S/c1-7(5-10(16)17)6-15-11(12-13-14-15)9-4-3-8(2)18-9/h3-4,7H,5-6H2,1-2H3,(H,16,17). The minimum atomic E-state index is -0.802. The van der Waals surface area contributed by atoms with Crippen LogP contribution in [0.25, 0.3) is 10.7 Å². The predicted molar refractivity (Wildman–Crippen MR) is 67.3 cm³/mol. The van der Waals surface area contributed by atoms with Crippen molar-refractivity contribution in [2.75, 3.05) is 0 Å². The molecule has 0 radical (unpaired) electrons. The molecule has 0 aliphatic rings. The highest BCUT2D eigenvalue weighted by molar-refractivity contribution is 7.15. The Morgan fingerprint density at radius 3 is 2.94 bits per heavy atom. The van der Waals surface area contributed by atoms with Crippen molar-refractivity contribution in [1.29, 1.82) is 0 Å². The van der Waals surface area contributed by atoms with Crippen LogP contribution in [0, 0.1) is 12.8 Å². The molecule has 0 bridgehead atoms. The van der Waals surface area contributed by atoms with Gasteiger partial charge in [0.15, 0.2) is 5.82 Å². The van der Waals surface area contributed by atoms with Crippen LogP contribution in [0.15, 0.2) is 12.1 Å². The van der Waals surface area contributed by atoms with Crippen LogP contribution in [0.2, 0.25) is 0 Å². The van der Waals surface area contributed by atoms with E-state index in [-0.39, 0.29) is 12.3 Å². The minimum absolute atomic E-state index is 0.00851. The number of carboxylic acid groups (broad SMARTS) is 1. The fourth-order valence-electron chi connectivity index (χ4n) is 1.72. The zero-order chi connectivity index (χ0) is 13.1. The summed E-state index contributed by atoms with van der Waals surface area (Å²) >= 11 is 1.62. The molecule has 7 heteroatoms. The van der Waals surface area contributed by atoms with Gasteiger partial charge in [0.25, 0.3) is 0 Å². The zero-order valence-corrected chi connectivity index (χ0v) is 11.0. The zero-order valence-electron chi connectivity index (χ0n) is 10.2. The van der Waals surface area contributed by atoms with Crippen molar-refractivity contribution in [3.63, 3.8) is 0 Å². The quantitative estimate of drug-likeness (QED) is 0.892. The van der Waals surface area contributed by atoms with Gasteiger partial charge in [0.2, 0.25) is 0 Å². The van der Waals surface area contributed by atoms with Gasteiger partial charge in [-0.05, 0) is 35.4 Å². The molecule has 0 aromatic carbocycles. The smallest absolute Gasteiger partial charge is 0.303 e. The minimum Gasteiger partial charge on any atom is -0.481 e. The van der Waals surface area contributed by atoms with Gasteiger partial charge in [-0.1, -0.05) is 6.92 Å². The third-order valence-corrected chi connectivity index (χ3v) is 3.50. The normalized spacial score (nSPS) is 12.6. The van der Waals surface area contributed by atoms with E-state index in [2.05, 4.69) is 15.5 Å². The molecule has 2 aromatic rings. The molecule has 1 atom stereocenters. The van der Waals surface area contributed by atoms with Crippen molar-refractivity contribution in [2.24, 2.45) is 5.92 Å². The van der Waals surface area contributed by atoms with E-state index in [1.807, 2.05) is 26.0 Å². The maximum Gasteiger partial charge on any atom is 0.303 e. The van der Waals surface area contributed by atoms with Crippen LogP contribution in [0.3, 0.4) is 0 Å². The average Bonchev–Trinajstić information content (AvgIpc) is 2.85. The summed E-state index contributed by atoms with van der Waals surface area (Å²) in [7, 11) is 0. The first kappa shape index (κ1) is 12.7. The monoisotopic (exact) mass is 266 g/mol. The Balaban J connectivity index is 2.15. The summed E-state index contributed by atoms with van der Waals surface area (Å²) in [5.41, 5.74) is 0. The number of hydrogen-bond acceptors (Lipinski definition) is 5. The second kappa shape index (κ2) is 5.26. The summed E-state index contributed by atoms with van der Waals surface area (Å²) in [6.07, 6.45) is 0.114. The number of carbonyl (C=O) groups is 1. The molecule has 0 saturated carbocycles. The topological polar surface area (TPSA) is 80.9 Å². The first-order valence-corrected chi connectivity index (χ1v) is 6.42. The molecule has 0 aliphatic heterocycles. The van der Waals surface area contributed by atoms with Crippen LogP contribution in [0.1, 0.15) is 18.2 Å². The number of rotatable bonds is 5. The third-order valence-electron chi connectivity index (χ3n) is 2.50. The van der Waals surface area contributed by atoms with Gasteiger partial charge in [-0.2, -0.15) is 0 Å². The number of carboxylic acids is 1. The van der Waals surface area contributed by atoms with E-state index < -0.39 is 5.97 Å². The molecule has 0 aliphatic carbocycles. The van der Waals surface area contributed by atoms with E-state index in [0.717, 1.165) is 4.88 Å². The second-order valence-corrected chi connectivity index (χ2v) is 5.59. The molecule has 0 amide bonds. The number of aryl methyl sites for hydroxylation is 1. The van der Waals surface area contributed by atoms with E-state index in [9.17, 15) is 4.79 Å². The van der Waals surface area contributed by atoms with Gasteiger partial charge in [-0.15, -0.1) is 16.4 Å². The van der Waals surface area contributed by atoms with Crippen molar-refractivity contribution in [1.82, 2.24) is 20.2 Å². The fraction of sp³-hybridized carbons (Fsp3) is 0.455. The largest absolute Gasteiger partial charge is 0.481 e. The van der Waals surface area contributed by atoms with Gasteiger partial charge < -0.3 is 5.11 Å². The van der Waals surface area contributed by atoms with Crippen LogP contribution in [0.5, 0.6) is 0 Å². The van der Waals surface area contributed by atoms with E-state index in [1.54, 1.807) is 16.0 Å². The summed E-state index contributed by atoms with van der Waals surface area (Å²) in [6.45, 7) is 4.40. The number of nitrogens with zero attached hydrogens (tertiary/aromatic N) is 4. The summed E-state index contributed by atoms with van der Waals surface area (Å²) < 4.78 is 1.67. The summed E-state index contributed by atoms with van der Waals surface area (Å²) in [5.74, 6) is -0.111. The van der Waals surface area contributed by atoms with Gasteiger partial charge in [-0.25, -0.2) is 4.68 Å². The number of tetrazole rings is 1. The highest BCUT2D eigenvalue weighted by Gasteiger charge is 2.15. The molecule has 6 nitrogen and oxygen atoms in total. The molecule has 1 N–H and O–H groups in total. The predicted octanol–water partition coefficient (Wildman–Crippen LogP) is 1.82. The number of aliphatic carboxylic acids is 1. The van der Waals surface area contributed by atoms with Crippen LogP contribution in [0.4, 0.5) is 0 Å². The lowest BCUT2D eigenvalue weighted by atomic mass is 10.1. The van der Waals surface area contributed by atoms with Crippen molar-refractivity contribution < 1.29 is 9.90 Å². The number of hydrogen-bond donors (Lipinski definition) is 1. The molecule has 0 fully saturated rings. The summed E-state index contributed by atoms with van der Waals surface area (Å²) in [4.78, 5) is 12.8. The van der Waals surface area contributed by atoms with E-state index in [0.29, 0.717) is 12.4 Å². The third kappa shape index (κ3) is 2.92. The molecule has 2 aromatic heterocycles. The fourth-order valence-corrected chi connectivity index (χ4v) is 2.57. The molecular formula is C11H14N4O2S. The van der Waals surface area contributed by atoms with E-state index in [4.69, 9.17) is 5.11 Å². The molecule has 0 spiro atoms. The molecule has 96 valence electrons. The van der Waals surface area contributed by atoms with Crippen LogP contribution in [-0.2, 0) is 11.3 Å². The van der Waals surface area contributed by atoms with Gasteiger partial charge in [0.1, 0.15) is 0 Å². The van der Waals surface area contributed by atoms with Crippen molar-refractivity contribution in [3.8, 4) is 10.7 Å². The van der Waals surface area contributed by atoms with Crippen LogP contribution < -0.4 is 0 Å². The highest BCUT2D eigenvalue weighted by atomic mass is 32.1. The Labute approximate surface area is 108 Å². The molecule has 0 saturated heterocycles. The lowest BCUT2D eigenvalue weighted by Crippen LogP contribution is -2.13. The summed E-state index contributed by atoms with van der Waals surface area (Å²) in [5, 5.41) is 20.3. The van der Waals surface area contributed by atoms with Gasteiger partial charge >= 0.3 is 5.97 Å². The summed E-state index contributed by atoms with van der Waals surface area (Å²) in [6, 6.07) is 3.99. The Kier molecular flexibility index (Phi) is 3.71. The SMILES string of the molecule is Cc1ccc(-c2nnnn2CC(C)CC(=O)O)s1. The molecule has 2 heterocycles. The van der Waals surface area contributed by atoms with Gasteiger partial charge in [0, 0.05) is 17.8 Å². The second-order valence-electron chi connectivity index (χ2n) is 4.30. The van der Waals surface area contributed by atoms with Crippen molar-refractivity contribution in [2.45, 2.75) is 26.8 Å². The maximum absolute atomic E-state index is 10.6. The molecule has 18 heavy (non-hydrogen) atoms. The highest BCUT2D eigenvalue weighted by Crippen LogP contribution is 2.25. The number of thiophene rings is 1. The lowest BCUT2D eigenvalue weighted by molar-refractivity contribution is -0.138. The van der Waals surface area contributed by atoms with Crippen molar-refractivity contribution >= 4 is 17.3 Å². The maximum atomic E-state index is 10.6. The van der Waals surface area contributed by atoms with Gasteiger partial charge in [0.05, 0.1) is 4.88 Å². The van der Waals surface area contributed by atoms with Gasteiger partial charge in [-0.3, -0.25) is 4.79 Å². The molecular weight excluding hydrogens is 252 g/mol. The Bertz CT molecular complexity index is 549.